The molecule has 0 aliphatic heterocycles. The SMILES string of the molecule is CCC(Sc1cccc(NC(=O)c2c(Cl)c(Cl)c(Cl)c(Cl)c2C(=O)O)c1)C(=O)Nc1nc2ccc(OC)cc2s1. The standard InChI is InChI=1S/C26H19Cl4N3O5S2/c1-3-15(23(34)33-26-32-14-8-7-12(38-2)10-16(14)40-26)39-13-6-4-5-11(9-13)31-24(35)17-18(25(36)37)20(28)22(30)21(29)19(17)27/h4-10,15H,3H2,1-2H3,(H,31,35)(H,36,37)(H,32,33,34). The topological polar surface area (TPSA) is 118 Å². The molecule has 0 aliphatic carbocycles. The number of thiazole rings is 1. The summed E-state index contributed by atoms with van der Waals surface area (Å²) < 4.78 is 6.13. The number of rotatable bonds is 9. The third kappa shape index (κ3) is 6.43. The summed E-state index contributed by atoms with van der Waals surface area (Å²) in [5, 5.41) is 13.9. The monoisotopic (exact) mass is 657 g/mol. The van der Waals surface area contributed by atoms with Crippen molar-refractivity contribution in [3.8, 4) is 5.75 Å². The van der Waals surface area contributed by atoms with E-state index in [2.05, 4.69) is 15.6 Å². The van der Waals surface area contributed by atoms with Crippen LogP contribution in [-0.4, -0.2) is 40.2 Å². The molecule has 1 heterocycles. The molecule has 1 unspecified atom stereocenters. The van der Waals surface area contributed by atoms with Gasteiger partial charge in [0.15, 0.2) is 5.13 Å². The van der Waals surface area contributed by atoms with Crippen LogP contribution in [0.5, 0.6) is 5.75 Å². The lowest BCUT2D eigenvalue weighted by Gasteiger charge is -2.16. The van der Waals surface area contributed by atoms with E-state index >= 15 is 0 Å². The first-order valence-corrected chi connectivity index (χ1v) is 14.7. The highest BCUT2D eigenvalue weighted by molar-refractivity contribution is 8.00. The molecule has 1 aromatic heterocycles. The number of methoxy groups -OCH3 is 1. The highest BCUT2D eigenvalue weighted by atomic mass is 35.5. The number of carbonyl (C=O) groups is 3. The average Bonchev–Trinajstić information content (AvgIpc) is 3.33. The number of carbonyl (C=O) groups excluding carboxylic acids is 2. The van der Waals surface area contributed by atoms with Gasteiger partial charge < -0.3 is 20.5 Å². The fourth-order valence-corrected chi connectivity index (χ4v) is 6.57. The summed E-state index contributed by atoms with van der Waals surface area (Å²) in [7, 11) is 1.58. The third-order valence-electron chi connectivity index (χ3n) is 5.57. The van der Waals surface area contributed by atoms with Gasteiger partial charge in [-0.15, -0.1) is 11.8 Å². The van der Waals surface area contributed by atoms with E-state index in [0.29, 0.717) is 27.9 Å². The Bertz CT molecular complexity index is 1650. The molecule has 0 saturated heterocycles. The molecule has 208 valence electrons. The number of aromatic nitrogens is 1. The first-order chi connectivity index (χ1) is 19.0. The number of thioether (sulfide) groups is 1. The lowest BCUT2D eigenvalue weighted by atomic mass is 10.1. The van der Waals surface area contributed by atoms with Gasteiger partial charge in [0.25, 0.3) is 5.91 Å². The minimum absolute atomic E-state index is 0.226. The number of anilines is 2. The van der Waals surface area contributed by atoms with Crippen LogP contribution in [0.4, 0.5) is 10.8 Å². The zero-order valence-electron chi connectivity index (χ0n) is 20.7. The predicted octanol–water partition coefficient (Wildman–Crippen LogP) is 8.38. The number of aromatic carboxylic acids is 1. The molecule has 0 bridgehead atoms. The van der Waals surface area contributed by atoms with Crippen molar-refractivity contribution in [3.05, 3.63) is 73.7 Å². The number of nitrogens with one attached hydrogen (secondary N) is 2. The molecule has 3 N–H and O–H groups in total. The van der Waals surface area contributed by atoms with Crippen molar-refractivity contribution in [2.24, 2.45) is 0 Å². The van der Waals surface area contributed by atoms with E-state index in [0.717, 1.165) is 10.2 Å². The fraction of sp³-hybridized carbons (Fsp3) is 0.154. The number of ether oxygens (including phenoxy) is 1. The molecule has 40 heavy (non-hydrogen) atoms. The number of amides is 2. The Hall–Kier alpha value is -2.73. The molecule has 1 atom stereocenters. The van der Waals surface area contributed by atoms with Gasteiger partial charge in [-0.3, -0.25) is 9.59 Å². The van der Waals surface area contributed by atoms with E-state index in [9.17, 15) is 19.5 Å². The van der Waals surface area contributed by atoms with Crippen molar-refractivity contribution in [2.75, 3.05) is 17.7 Å². The average molecular weight is 659 g/mol. The molecular weight excluding hydrogens is 640 g/mol. The number of benzene rings is 3. The van der Waals surface area contributed by atoms with Crippen molar-refractivity contribution in [2.45, 2.75) is 23.5 Å². The first-order valence-electron chi connectivity index (χ1n) is 11.5. The Kier molecular flexibility index (Phi) is 9.71. The summed E-state index contributed by atoms with van der Waals surface area (Å²) in [4.78, 5) is 43.1. The lowest BCUT2D eigenvalue weighted by Crippen LogP contribution is -2.24. The summed E-state index contributed by atoms with van der Waals surface area (Å²) in [6.07, 6.45) is 0.519. The highest BCUT2D eigenvalue weighted by Crippen LogP contribution is 2.42. The summed E-state index contributed by atoms with van der Waals surface area (Å²) in [6.45, 7) is 1.88. The van der Waals surface area contributed by atoms with Crippen molar-refractivity contribution in [1.82, 2.24) is 4.98 Å². The number of nitrogens with zero attached hydrogens (tertiary/aromatic N) is 1. The number of halogens is 4. The van der Waals surface area contributed by atoms with Gasteiger partial charge in [-0.1, -0.05) is 70.7 Å². The van der Waals surface area contributed by atoms with Gasteiger partial charge in [0.05, 0.1) is 53.8 Å². The van der Waals surface area contributed by atoms with E-state index in [4.69, 9.17) is 51.1 Å². The van der Waals surface area contributed by atoms with Crippen LogP contribution < -0.4 is 15.4 Å². The molecule has 0 radical (unpaired) electrons. The number of carboxylic acids is 1. The van der Waals surface area contributed by atoms with Gasteiger partial charge in [0, 0.05) is 10.6 Å². The molecule has 2 amide bonds. The van der Waals surface area contributed by atoms with E-state index in [1.807, 2.05) is 19.1 Å². The first kappa shape index (κ1) is 30.2. The van der Waals surface area contributed by atoms with Gasteiger partial charge in [0.1, 0.15) is 5.75 Å². The Morgan fingerprint density at radius 1 is 1.00 bits per heavy atom. The lowest BCUT2D eigenvalue weighted by molar-refractivity contribution is -0.115. The summed E-state index contributed by atoms with van der Waals surface area (Å²) in [6, 6.07) is 12.2. The Morgan fingerprint density at radius 2 is 1.70 bits per heavy atom. The van der Waals surface area contributed by atoms with Gasteiger partial charge in [0.2, 0.25) is 5.91 Å². The largest absolute Gasteiger partial charge is 0.497 e. The van der Waals surface area contributed by atoms with Crippen LogP contribution in [0.15, 0.2) is 47.4 Å². The van der Waals surface area contributed by atoms with Gasteiger partial charge >= 0.3 is 5.97 Å². The van der Waals surface area contributed by atoms with Crippen molar-refractivity contribution in [3.63, 3.8) is 0 Å². The van der Waals surface area contributed by atoms with E-state index in [1.54, 1.807) is 37.4 Å². The Balaban J connectivity index is 1.51. The number of hydrogen-bond donors (Lipinski definition) is 3. The van der Waals surface area contributed by atoms with Gasteiger partial charge in [-0.2, -0.15) is 0 Å². The molecule has 14 heteroatoms. The van der Waals surface area contributed by atoms with Gasteiger partial charge in [-0.25, -0.2) is 9.78 Å². The maximum atomic E-state index is 13.1. The van der Waals surface area contributed by atoms with Crippen LogP contribution in [-0.2, 0) is 4.79 Å². The Labute approximate surface area is 256 Å². The number of fused-ring (bicyclic) bond motifs is 1. The van der Waals surface area contributed by atoms with Crippen LogP contribution in [0, 0.1) is 0 Å². The fourth-order valence-electron chi connectivity index (χ4n) is 3.64. The van der Waals surface area contributed by atoms with Crippen LogP contribution in [0.25, 0.3) is 10.2 Å². The van der Waals surface area contributed by atoms with E-state index in [-0.39, 0.29) is 21.0 Å². The van der Waals surface area contributed by atoms with Crippen molar-refractivity contribution >= 4 is 108 Å². The second kappa shape index (κ2) is 12.8. The zero-order valence-corrected chi connectivity index (χ0v) is 25.3. The predicted molar refractivity (Wildman–Crippen MR) is 163 cm³/mol. The normalized spacial score (nSPS) is 11.8. The molecule has 3 aromatic carbocycles. The minimum atomic E-state index is -1.50. The number of carboxylic acid groups (broad SMARTS) is 1. The molecule has 0 fully saturated rings. The summed E-state index contributed by atoms with van der Waals surface area (Å²) in [5.41, 5.74) is 0.0886. The molecule has 4 aromatic rings. The Morgan fingerprint density at radius 3 is 2.35 bits per heavy atom. The quantitative estimate of drug-likeness (QED) is 0.0939. The molecule has 4 rings (SSSR count). The molecule has 0 saturated carbocycles. The molecule has 8 nitrogen and oxygen atoms in total. The minimum Gasteiger partial charge on any atom is -0.497 e. The molecule has 0 aliphatic rings. The maximum absolute atomic E-state index is 13.1. The number of hydrogen-bond acceptors (Lipinski definition) is 7. The molecular formula is C26H19Cl4N3O5S2. The van der Waals surface area contributed by atoms with Crippen molar-refractivity contribution in [1.29, 1.82) is 0 Å². The summed E-state index contributed by atoms with van der Waals surface area (Å²) >= 11 is 26.9. The maximum Gasteiger partial charge on any atom is 0.338 e. The van der Waals surface area contributed by atoms with Crippen molar-refractivity contribution < 1.29 is 24.2 Å². The summed E-state index contributed by atoms with van der Waals surface area (Å²) in [5.74, 6) is -1.87. The second-order valence-electron chi connectivity index (χ2n) is 8.15. The van der Waals surface area contributed by atoms with Crippen LogP contribution in [0.3, 0.4) is 0 Å². The van der Waals surface area contributed by atoms with Crippen LogP contribution in [0.1, 0.15) is 34.1 Å². The smallest absolute Gasteiger partial charge is 0.338 e. The second-order valence-corrected chi connectivity index (χ2v) is 12.0. The third-order valence-corrected chi connectivity index (χ3v) is 9.66. The molecule has 0 spiro atoms. The highest BCUT2D eigenvalue weighted by Gasteiger charge is 2.29. The van der Waals surface area contributed by atoms with E-state index in [1.165, 1.54) is 23.1 Å². The zero-order chi connectivity index (χ0) is 29.1. The van der Waals surface area contributed by atoms with Crippen LogP contribution in [0.2, 0.25) is 20.1 Å². The van der Waals surface area contributed by atoms with Crippen LogP contribution >= 0.6 is 69.5 Å². The van der Waals surface area contributed by atoms with Gasteiger partial charge in [-0.05, 0) is 42.8 Å². The van der Waals surface area contributed by atoms with E-state index < -0.39 is 33.3 Å².